The third-order valence-corrected chi connectivity index (χ3v) is 5.26. The second-order valence-corrected chi connectivity index (χ2v) is 6.75. The summed E-state index contributed by atoms with van der Waals surface area (Å²) in [4.78, 5) is 0. The summed E-state index contributed by atoms with van der Waals surface area (Å²) in [5, 5.41) is 3.73. The van der Waals surface area contributed by atoms with Gasteiger partial charge in [-0.15, -0.1) is 0 Å². The smallest absolute Gasteiger partial charge is 0.119 e. The van der Waals surface area contributed by atoms with Gasteiger partial charge < -0.3 is 10.1 Å². The number of nitrogens with one attached hydrogen (secondary N) is 1. The number of methoxy groups -OCH3 is 1. The highest BCUT2D eigenvalue weighted by molar-refractivity contribution is 5.29. The van der Waals surface area contributed by atoms with Crippen LogP contribution in [0.2, 0.25) is 0 Å². The summed E-state index contributed by atoms with van der Waals surface area (Å²) in [6.45, 7) is 8.10. The van der Waals surface area contributed by atoms with Gasteiger partial charge in [-0.05, 0) is 61.3 Å². The molecule has 0 spiro atoms. The number of hydrogen-bond acceptors (Lipinski definition) is 2. The highest BCUT2D eigenvalue weighted by atomic mass is 16.5. The molecular formula is C19H31NO. The fourth-order valence-corrected chi connectivity index (χ4v) is 3.68. The van der Waals surface area contributed by atoms with Crippen molar-refractivity contribution in [3.63, 3.8) is 0 Å². The van der Waals surface area contributed by atoms with E-state index < -0.39 is 0 Å². The number of benzene rings is 1. The van der Waals surface area contributed by atoms with Crippen molar-refractivity contribution < 1.29 is 4.74 Å². The molecule has 0 bridgehead atoms. The second-order valence-electron chi connectivity index (χ2n) is 6.75. The van der Waals surface area contributed by atoms with Crippen LogP contribution in [0.5, 0.6) is 5.75 Å². The first-order valence-corrected chi connectivity index (χ1v) is 8.50. The Morgan fingerprint density at radius 2 is 2.05 bits per heavy atom. The van der Waals surface area contributed by atoms with Crippen LogP contribution in [0.15, 0.2) is 24.3 Å². The molecule has 2 nitrogen and oxygen atoms in total. The molecule has 21 heavy (non-hydrogen) atoms. The van der Waals surface area contributed by atoms with Gasteiger partial charge in [-0.1, -0.05) is 39.3 Å². The Bertz CT molecular complexity index is 431. The Morgan fingerprint density at radius 1 is 1.24 bits per heavy atom. The van der Waals surface area contributed by atoms with Crippen molar-refractivity contribution in [2.75, 3.05) is 13.7 Å². The molecule has 1 aliphatic carbocycles. The summed E-state index contributed by atoms with van der Waals surface area (Å²) >= 11 is 0. The van der Waals surface area contributed by atoms with Crippen LogP contribution >= 0.6 is 0 Å². The van der Waals surface area contributed by atoms with E-state index in [4.69, 9.17) is 4.74 Å². The Balaban J connectivity index is 2.04. The minimum atomic E-state index is 0.594. The summed E-state index contributed by atoms with van der Waals surface area (Å²) in [5.41, 5.74) is 1.38. The van der Waals surface area contributed by atoms with E-state index in [-0.39, 0.29) is 0 Å². The standard InChI is InChI=1S/C19H31NO/c1-5-20-19(17-10-9-14(2)15(3)11-17)13-16-7-6-8-18(12-16)21-4/h6-8,12,14-15,17,19-20H,5,9-11,13H2,1-4H3. The van der Waals surface area contributed by atoms with Gasteiger partial charge in [0.25, 0.3) is 0 Å². The normalized spacial score (nSPS) is 27.3. The van der Waals surface area contributed by atoms with E-state index >= 15 is 0 Å². The second kappa shape index (κ2) is 7.84. The molecule has 4 unspecified atom stereocenters. The maximum Gasteiger partial charge on any atom is 0.119 e. The third kappa shape index (κ3) is 4.47. The van der Waals surface area contributed by atoms with Crippen LogP contribution < -0.4 is 10.1 Å². The van der Waals surface area contributed by atoms with E-state index in [9.17, 15) is 0 Å². The molecule has 1 fully saturated rings. The lowest BCUT2D eigenvalue weighted by Gasteiger charge is -2.37. The predicted molar refractivity (Wildman–Crippen MR) is 89.8 cm³/mol. The maximum absolute atomic E-state index is 5.35. The first-order chi connectivity index (χ1) is 10.1. The van der Waals surface area contributed by atoms with Crippen molar-refractivity contribution in [2.24, 2.45) is 17.8 Å². The first-order valence-electron chi connectivity index (χ1n) is 8.50. The van der Waals surface area contributed by atoms with E-state index in [1.165, 1.54) is 24.8 Å². The molecule has 118 valence electrons. The van der Waals surface area contributed by atoms with Crippen LogP contribution in [0.3, 0.4) is 0 Å². The Labute approximate surface area is 130 Å². The van der Waals surface area contributed by atoms with E-state index in [1.54, 1.807) is 7.11 Å². The zero-order valence-electron chi connectivity index (χ0n) is 14.1. The van der Waals surface area contributed by atoms with E-state index in [0.29, 0.717) is 6.04 Å². The van der Waals surface area contributed by atoms with Crippen molar-refractivity contribution in [3.05, 3.63) is 29.8 Å². The zero-order chi connectivity index (χ0) is 15.2. The predicted octanol–water partition coefficient (Wildman–Crippen LogP) is 4.29. The maximum atomic E-state index is 5.35. The summed E-state index contributed by atoms with van der Waals surface area (Å²) in [6, 6.07) is 9.12. The van der Waals surface area contributed by atoms with Gasteiger partial charge in [0.2, 0.25) is 0 Å². The van der Waals surface area contributed by atoms with Gasteiger partial charge >= 0.3 is 0 Å². The number of rotatable bonds is 6. The van der Waals surface area contributed by atoms with Crippen LogP contribution in [0, 0.1) is 17.8 Å². The van der Waals surface area contributed by atoms with Crippen LogP contribution in [0.4, 0.5) is 0 Å². The summed E-state index contributed by atoms with van der Waals surface area (Å²) in [6.07, 6.45) is 5.22. The molecule has 0 radical (unpaired) electrons. The molecule has 2 heteroatoms. The highest BCUT2D eigenvalue weighted by Crippen LogP contribution is 2.35. The zero-order valence-corrected chi connectivity index (χ0v) is 14.1. The molecule has 1 aromatic carbocycles. The van der Waals surface area contributed by atoms with Crippen LogP contribution in [-0.2, 0) is 6.42 Å². The summed E-state index contributed by atoms with van der Waals surface area (Å²) in [5.74, 6) is 3.52. The fraction of sp³-hybridized carbons (Fsp3) is 0.684. The Kier molecular flexibility index (Phi) is 6.10. The van der Waals surface area contributed by atoms with Crippen molar-refractivity contribution in [3.8, 4) is 5.75 Å². The Morgan fingerprint density at radius 3 is 2.71 bits per heavy atom. The number of hydrogen-bond donors (Lipinski definition) is 1. The summed E-state index contributed by atoms with van der Waals surface area (Å²) < 4.78 is 5.35. The molecule has 0 saturated heterocycles. The van der Waals surface area contributed by atoms with Crippen molar-refractivity contribution >= 4 is 0 Å². The molecule has 1 saturated carbocycles. The lowest BCUT2D eigenvalue weighted by atomic mass is 9.72. The minimum absolute atomic E-state index is 0.594. The molecule has 0 amide bonds. The largest absolute Gasteiger partial charge is 0.497 e. The lowest BCUT2D eigenvalue weighted by molar-refractivity contribution is 0.171. The third-order valence-electron chi connectivity index (χ3n) is 5.26. The van der Waals surface area contributed by atoms with Gasteiger partial charge in [-0.25, -0.2) is 0 Å². The molecule has 0 aliphatic heterocycles. The van der Waals surface area contributed by atoms with Crippen molar-refractivity contribution in [2.45, 2.75) is 52.5 Å². The van der Waals surface area contributed by atoms with Gasteiger partial charge in [0.05, 0.1) is 7.11 Å². The van der Waals surface area contributed by atoms with Crippen LogP contribution in [0.25, 0.3) is 0 Å². The van der Waals surface area contributed by atoms with Gasteiger partial charge in [-0.2, -0.15) is 0 Å². The topological polar surface area (TPSA) is 21.3 Å². The Hall–Kier alpha value is -1.02. The fourth-order valence-electron chi connectivity index (χ4n) is 3.68. The van der Waals surface area contributed by atoms with E-state index in [0.717, 1.165) is 36.5 Å². The van der Waals surface area contributed by atoms with Gasteiger partial charge in [0.1, 0.15) is 5.75 Å². The van der Waals surface area contributed by atoms with Gasteiger partial charge in [0, 0.05) is 6.04 Å². The molecule has 0 aromatic heterocycles. The molecule has 1 N–H and O–H groups in total. The molecule has 2 rings (SSSR count). The lowest BCUT2D eigenvalue weighted by Crippen LogP contribution is -2.41. The molecule has 1 aromatic rings. The average molecular weight is 289 g/mol. The first kappa shape index (κ1) is 16.4. The number of likely N-dealkylation sites (N-methyl/N-ethyl adjacent to an activating group) is 1. The van der Waals surface area contributed by atoms with Crippen molar-refractivity contribution in [1.29, 1.82) is 0 Å². The van der Waals surface area contributed by atoms with Crippen LogP contribution in [0.1, 0.15) is 45.6 Å². The highest BCUT2D eigenvalue weighted by Gasteiger charge is 2.29. The molecular weight excluding hydrogens is 258 g/mol. The molecule has 4 atom stereocenters. The van der Waals surface area contributed by atoms with Gasteiger partial charge in [-0.3, -0.25) is 0 Å². The van der Waals surface area contributed by atoms with Gasteiger partial charge in [0.15, 0.2) is 0 Å². The van der Waals surface area contributed by atoms with E-state index in [1.807, 2.05) is 6.07 Å². The van der Waals surface area contributed by atoms with Crippen molar-refractivity contribution in [1.82, 2.24) is 5.32 Å². The van der Waals surface area contributed by atoms with E-state index in [2.05, 4.69) is 44.3 Å². The molecule has 1 aliphatic rings. The SMILES string of the molecule is CCNC(Cc1cccc(OC)c1)C1CCC(C)C(C)C1. The minimum Gasteiger partial charge on any atom is -0.497 e. The van der Waals surface area contributed by atoms with Crippen LogP contribution in [-0.4, -0.2) is 19.7 Å². The quantitative estimate of drug-likeness (QED) is 0.843. The number of ether oxygens (including phenoxy) is 1. The average Bonchev–Trinajstić information content (AvgIpc) is 2.50. The monoisotopic (exact) mass is 289 g/mol. The molecule has 0 heterocycles. The summed E-state index contributed by atoms with van der Waals surface area (Å²) in [7, 11) is 1.74.